The van der Waals surface area contributed by atoms with Gasteiger partial charge in [0.15, 0.2) is 0 Å². The maximum Gasteiger partial charge on any atom is -0.147 e. The summed E-state index contributed by atoms with van der Waals surface area (Å²) in [5.41, 5.74) is 1.59. The summed E-state index contributed by atoms with van der Waals surface area (Å²) in [5.74, 6) is 0. The number of rotatable bonds is 3. The Labute approximate surface area is 99.1 Å². The quantitative estimate of drug-likeness (QED) is 0.660. The molecule has 0 aromatic carbocycles. The summed E-state index contributed by atoms with van der Waals surface area (Å²) in [4.78, 5) is 0. The van der Waals surface area contributed by atoms with E-state index < -0.39 is 0 Å². The van der Waals surface area contributed by atoms with Crippen molar-refractivity contribution in [3.8, 4) is 0 Å². The van der Waals surface area contributed by atoms with Crippen LogP contribution >= 0.6 is 24.8 Å². The van der Waals surface area contributed by atoms with Gasteiger partial charge in [0.05, 0.1) is 0 Å². The second-order valence-electron chi connectivity index (χ2n) is 2.71. The van der Waals surface area contributed by atoms with E-state index in [9.17, 15) is 0 Å². The predicted molar refractivity (Wildman–Crippen MR) is 54.8 cm³/mol. The molecule has 0 amide bonds. The second kappa shape index (κ2) is 8.38. The van der Waals surface area contributed by atoms with E-state index >= 15 is 0 Å². The summed E-state index contributed by atoms with van der Waals surface area (Å²) in [6, 6.07) is 0. The van der Waals surface area contributed by atoms with Gasteiger partial charge in [-0.2, -0.15) is 0 Å². The van der Waals surface area contributed by atoms with E-state index in [0.717, 1.165) is 0 Å². The standard InChI is InChI=1S/C9H13.2ClH.Ti/c1-2-3-6-9-7-4-5-8-9;;;/h4,7H,2-3,5-6H2,1H3;2*1H;. The number of unbranched alkanes of at least 4 members (excludes halogenated alkanes) is 1. The third kappa shape index (κ3) is 4.72. The molecule has 0 nitrogen and oxygen atoms in total. The molecule has 0 atom stereocenters. The summed E-state index contributed by atoms with van der Waals surface area (Å²) in [5, 5.41) is 0. The molecule has 0 saturated heterocycles. The van der Waals surface area contributed by atoms with Gasteiger partial charge < -0.3 is 0 Å². The topological polar surface area (TPSA) is 0 Å². The van der Waals surface area contributed by atoms with Gasteiger partial charge in [0.2, 0.25) is 0 Å². The van der Waals surface area contributed by atoms with Crippen LogP contribution in [0.3, 0.4) is 0 Å². The van der Waals surface area contributed by atoms with Crippen molar-refractivity contribution in [2.24, 2.45) is 0 Å². The van der Waals surface area contributed by atoms with Crippen LogP contribution in [0.5, 0.6) is 0 Å². The van der Waals surface area contributed by atoms with Crippen LogP contribution in [0.1, 0.15) is 32.6 Å². The summed E-state index contributed by atoms with van der Waals surface area (Å²) in [7, 11) is 0. The van der Waals surface area contributed by atoms with Gasteiger partial charge in [0.1, 0.15) is 0 Å². The fourth-order valence-electron chi connectivity index (χ4n) is 1.15. The van der Waals surface area contributed by atoms with E-state index in [0.29, 0.717) is 0 Å². The zero-order valence-electron chi connectivity index (χ0n) is 7.30. The van der Waals surface area contributed by atoms with E-state index in [2.05, 4.69) is 39.5 Å². The maximum absolute atomic E-state index is 2.28. The van der Waals surface area contributed by atoms with Crippen molar-refractivity contribution in [1.82, 2.24) is 0 Å². The second-order valence-corrected chi connectivity index (χ2v) is 3.66. The van der Waals surface area contributed by atoms with Crippen LogP contribution in [0.25, 0.3) is 0 Å². The van der Waals surface area contributed by atoms with Gasteiger partial charge in [0, 0.05) is 0 Å². The van der Waals surface area contributed by atoms with Crippen molar-refractivity contribution < 1.29 is 20.4 Å². The van der Waals surface area contributed by atoms with Crippen LogP contribution in [-0.4, -0.2) is 0 Å². The summed E-state index contributed by atoms with van der Waals surface area (Å²) >= 11 is 2.24. The number of hydrogen-bond acceptors (Lipinski definition) is 0. The van der Waals surface area contributed by atoms with Gasteiger partial charge in [-0.05, 0) is 0 Å². The van der Waals surface area contributed by atoms with E-state index in [4.69, 9.17) is 0 Å². The first-order chi connectivity index (χ1) is 4.84. The monoisotopic (exact) mass is 241 g/mol. The molecule has 69 valence electrons. The molecule has 1 rings (SSSR count). The summed E-state index contributed by atoms with van der Waals surface area (Å²) < 4.78 is 1.58. The third-order valence-corrected chi connectivity index (χ3v) is 2.65. The molecule has 0 spiro atoms. The Balaban J connectivity index is 0. The van der Waals surface area contributed by atoms with Crippen LogP contribution in [0.15, 0.2) is 21.6 Å². The molecule has 3 heteroatoms. The fraction of sp³-hybridized carbons (Fsp3) is 0.556. The maximum atomic E-state index is 2.28. The predicted octanol–water partition coefficient (Wildman–Crippen LogP) is 3.78. The largest absolute Gasteiger partial charge is 0.147 e. The first kappa shape index (κ1) is 15.3. The van der Waals surface area contributed by atoms with Crippen LogP contribution in [-0.2, 0) is 20.4 Å². The molecule has 12 heavy (non-hydrogen) atoms. The molecule has 0 heterocycles. The Kier molecular flexibility index (Phi) is 10.6. The summed E-state index contributed by atoms with van der Waals surface area (Å²) in [6.07, 6.45) is 9.69. The molecule has 1 aliphatic rings. The van der Waals surface area contributed by atoms with Crippen LogP contribution in [0.2, 0.25) is 0 Å². The third-order valence-electron chi connectivity index (χ3n) is 1.83. The van der Waals surface area contributed by atoms with Gasteiger partial charge in [0.25, 0.3) is 0 Å². The zero-order valence-corrected chi connectivity index (χ0v) is 10.5. The molecule has 0 N–H and O–H groups in total. The van der Waals surface area contributed by atoms with Gasteiger partial charge in [-0.1, -0.05) is 0 Å². The van der Waals surface area contributed by atoms with Crippen LogP contribution in [0.4, 0.5) is 0 Å². The van der Waals surface area contributed by atoms with Crippen molar-refractivity contribution in [3.63, 3.8) is 0 Å². The van der Waals surface area contributed by atoms with Crippen molar-refractivity contribution >= 4 is 24.8 Å². The average Bonchev–Trinajstić information content (AvgIpc) is 2.31. The molecule has 0 bridgehead atoms. The Morgan fingerprint density at radius 2 is 2.08 bits per heavy atom. The fourth-order valence-corrected chi connectivity index (χ4v) is 1.66. The molecule has 0 unspecified atom stereocenters. The molecule has 0 radical (unpaired) electrons. The van der Waals surface area contributed by atoms with Gasteiger partial charge in [-0.25, -0.2) is 0 Å². The van der Waals surface area contributed by atoms with Crippen molar-refractivity contribution in [2.75, 3.05) is 0 Å². The molecular weight excluding hydrogens is 227 g/mol. The van der Waals surface area contributed by atoms with E-state index in [1.807, 2.05) is 0 Å². The minimum Gasteiger partial charge on any atom is -0.147 e. The van der Waals surface area contributed by atoms with Gasteiger partial charge in [-0.15, -0.1) is 24.8 Å². The Morgan fingerprint density at radius 1 is 1.42 bits per heavy atom. The number of halogens is 2. The first-order valence-electron chi connectivity index (χ1n) is 3.94. The van der Waals surface area contributed by atoms with E-state index in [1.54, 1.807) is 9.45 Å². The SMILES string of the molecule is CCCCC1=[C]([Ti])CC=C1.Cl.Cl. The minimum atomic E-state index is 0. The van der Waals surface area contributed by atoms with E-state index in [-0.39, 0.29) is 24.8 Å². The normalized spacial score (nSPS) is 14.0. The average molecular weight is 242 g/mol. The Bertz CT molecular complexity index is 173. The Hall–Kier alpha value is 0.774. The molecule has 0 aromatic heterocycles. The number of allylic oxidation sites excluding steroid dienone is 4. The Morgan fingerprint density at radius 3 is 2.50 bits per heavy atom. The van der Waals surface area contributed by atoms with Gasteiger partial charge >= 0.3 is 74.6 Å². The van der Waals surface area contributed by atoms with Crippen LogP contribution < -0.4 is 0 Å². The molecular formula is C9H15Cl2Ti. The van der Waals surface area contributed by atoms with Crippen molar-refractivity contribution in [1.29, 1.82) is 0 Å². The smallest absolute Gasteiger partial charge is 0.147 e. The van der Waals surface area contributed by atoms with Gasteiger partial charge in [-0.3, -0.25) is 0 Å². The minimum absolute atomic E-state index is 0. The first-order valence-corrected chi connectivity index (χ1v) is 4.73. The van der Waals surface area contributed by atoms with E-state index in [1.165, 1.54) is 25.7 Å². The number of hydrogen-bond donors (Lipinski definition) is 0. The molecule has 0 saturated carbocycles. The zero-order chi connectivity index (χ0) is 7.40. The molecule has 1 aliphatic carbocycles. The molecule has 0 aromatic rings. The molecule has 0 fully saturated rings. The van der Waals surface area contributed by atoms with Crippen molar-refractivity contribution in [2.45, 2.75) is 32.6 Å². The van der Waals surface area contributed by atoms with Crippen LogP contribution in [0, 0.1) is 0 Å². The van der Waals surface area contributed by atoms with Crippen molar-refractivity contribution in [3.05, 3.63) is 21.6 Å². The summed E-state index contributed by atoms with van der Waals surface area (Å²) in [6.45, 7) is 2.24. The molecule has 0 aliphatic heterocycles.